The molecule has 1 heterocycles. The lowest BCUT2D eigenvalue weighted by atomic mass is 10.3. The second-order valence-corrected chi connectivity index (χ2v) is 4.85. The highest BCUT2D eigenvalue weighted by molar-refractivity contribution is 7.98. The van der Waals surface area contributed by atoms with E-state index >= 15 is 0 Å². The number of nitrogens with one attached hydrogen (secondary N) is 1. The number of benzene rings is 1. The predicted molar refractivity (Wildman–Crippen MR) is 76.1 cm³/mol. The number of pyridine rings is 1. The Morgan fingerprint density at radius 2 is 2.11 bits per heavy atom. The summed E-state index contributed by atoms with van der Waals surface area (Å²) in [5.74, 6) is 2.05. The Balaban J connectivity index is 2.02. The third-order valence-electron chi connectivity index (χ3n) is 2.44. The zero-order valence-electron chi connectivity index (χ0n) is 10.3. The summed E-state index contributed by atoms with van der Waals surface area (Å²) >= 11 is 1.62. The Hall–Kier alpha value is -1.68. The van der Waals surface area contributed by atoms with E-state index in [0.717, 1.165) is 23.0 Å². The van der Waals surface area contributed by atoms with Crippen molar-refractivity contribution in [1.29, 1.82) is 0 Å². The summed E-state index contributed by atoms with van der Waals surface area (Å²) in [7, 11) is 0. The number of hydrogen-bond acceptors (Lipinski definition) is 4. The van der Waals surface area contributed by atoms with Crippen LogP contribution in [-0.2, 0) is 5.75 Å². The molecule has 4 heteroatoms. The molecule has 0 aliphatic rings. The summed E-state index contributed by atoms with van der Waals surface area (Å²) in [6.07, 6.45) is 1.80. The van der Waals surface area contributed by atoms with Gasteiger partial charge in [-0.15, -0.1) is 11.8 Å². The molecule has 0 unspecified atom stereocenters. The minimum Gasteiger partial charge on any atom is -0.507 e. The lowest BCUT2D eigenvalue weighted by Gasteiger charge is -2.06. The zero-order valence-corrected chi connectivity index (χ0v) is 11.1. The number of aromatic nitrogens is 1. The summed E-state index contributed by atoms with van der Waals surface area (Å²) in [5, 5.41) is 12.9. The number of thioether (sulfide) groups is 1. The maximum atomic E-state index is 9.68. The molecule has 3 nitrogen and oxygen atoms in total. The van der Waals surface area contributed by atoms with E-state index in [0.29, 0.717) is 5.75 Å². The molecule has 0 bridgehead atoms. The molecule has 0 aliphatic carbocycles. The van der Waals surface area contributed by atoms with Gasteiger partial charge in [-0.2, -0.15) is 0 Å². The molecule has 1 aromatic heterocycles. The SMILES string of the molecule is CCNc1cc(CSc2ccccc2O)ccn1. The molecule has 0 aliphatic heterocycles. The molecule has 0 saturated carbocycles. The van der Waals surface area contributed by atoms with E-state index in [1.807, 2.05) is 37.3 Å². The Kier molecular flexibility index (Phi) is 4.47. The average molecular weight is 260 g/mol. The molecule has 0 fully saturated rings. The van der Waals surface area contributed by atoms with Crippen molar-refractivity contribution < 1.29 is 5.11 Å². The first-order valence-electron chi connectivity index (χ1n) is 5.89. The van der Waals surface area contributed by atoms with E-state index in [9.17, 15) is 5.11 Å². The molecule has 0 saturated heterocycles. The topological polar surface area (TPSA) is 45.1 Å². The molecule has 2 rings (SSSR count). The van der Waals surface area contributed by atoms with E-state index in [2.05, 4.69) is 10.3 Å². The van der Waals surface area contributed by atoms with E-state index in [1.54, 1.807) is 24.0 Å². The summed E-state index contributed by atoms with van der Waals surface area (Å²) < 4.78 is 0. The largest absolute Gasteiger partial charge is 0.507 e. The van der Waals surface area contributed by atoms with Gasteiger partial charge in [-0.3, -0.25) is 0 Å². The number of rotatable bonds is 5. The number of aromatic hydroxyl groups is 1. The number of para-hydroxylation sites is 1. The molecule has 0 radical (unpaired) electrons. The average Bonchev–Trinajstić information content (AvgIpc) is 2.39. The first kappa shape index (κ1) is 12.8. The lowest BCUT2D eigenvalue weighted by molar-refractivity contribution is 0.462. The van der Waals surface area contributed by atoms with Crippen LogP contribution in [0.25, 0.3) is 0 Å². The van der Waals surface area contributed by atoms with Gasteiger partial charge in [0, 0.05) is 23.4 Å². The molecule has 0 atom stereocenters. The summed E-state index contributed by atoms with van der Waals surface area (Å²) in [6.45, 7) is 2.91. The Bertz CT molecular complexity index is 517. The highest BCUT2D eigenvalue weighted by Crippen LogP contribution is 2.30. The van der Waals surface area contributed by atoms with Crippen LogP contribution in [0.4, 0.5) is 5.82 Å². The third kappa shape index (κ3) is 3.40. The number of anilines is 1. The van der Waals surface area contributed by atoms with Gasteiger partial charge < -0.3 is 10.4 Å². The van der Waals surface area contributed by atoms with Gasteiger partial charge in [-0.05, 0) is 36.8 Å². The van der Waals surface area contributed by atoms with Gasteiger partial charge in [0.25, 0.3) is 0 Å². The highest BCUT2D eigenvalue weighted by atomic mass is 32.2. The van der Waals surface area contributed by atoms with Crippen LogP contribution in [0.1, 0.15) is 12.5 Å². The van der Waals surface area contributed by atoms with Crippen molar-refractivity contribution in [2.45, 2.75) is 17.6 Å². The minimum atomic E-state index is 0.337. The fourth-order valence-corrected chi connectivity index (χ4v) is 2.47. The fraction of sp³-hybridized carbons (Fsp3) is 0.214. The minimum absolute atomic E-state index is 0.337. The van der Waals surface area contributed by atoms with E-state index in [4.69, 9.17) is 0 Å². The molecular weight excluding hydrogens is 244 g/mol. The van der Waals surface area contributed by atoms with Crippen LogP contribution in [0.5, 0.6) is 5.75 Å². The summed E-state index contributed by atoms with van der Waals surface area (Å²) in [6, 6.07) is 11.4. The maximum absolute atomic E-state index is 9.68. The Morgan fingerprint density at radius 3 is 2.89 bits per heavy atom. The molecular formula is C14H16N2OS. The van der Waals surface area contributed by atoms with Crippen LogP contribution in [0.3, 0.4) is 0 Å². The van der Waals surface area contributed by atoms with Gasteiger partial charge >= 0.3 is 0 Å². The molecule has 18 heavy (non-hydrogen) atoms. The normalized spacial score (nSPS) is 10.3. The van der Waals surface area contributed by atoms with Crippen LogP contribution in [0, 0.1) is 0 Å². The second kappa shape index (κ2) is 6.31. The Morgan fingerprint density at radius 1 is 1.28 bits per heavy atom. The van der Waals surface area contributed by atoms with Gasteiger partial charge in [-0.25, -0.2) is 4.98 Å². The van der Waals surface area contributed by atoms with Crippen LogP contribution in [-0.4, -0.2) is 16.6 Å². The lowest BCUT2D eigenvalue weighted by Crippen LogP contribution is -1.99. The fourth-order valence-electron chi connectivity index (χ4n) is 1.58. The first-order valence-corrected chi connectivity index (χ1v) is 6.87. The number of phenols is 1. The maximum Gasteiger partial charge on any atom is 0.129 e. The number of phenolic OH excluding ortho intramolecular Hbond substituents is 1. The molecule has 1 aromatic carbocycles. The molecule has 2 N–H and O–H groups in total. The molecule has 94 valence electrons. The van der Waals surface area contributed by atoms with Gasteiger partial charge in [0.1, 0.15) is 11.6 Å². The smallest absolute Gasteiger partial charge is 0.129 e. The quantitative estimate of drug-likeness (QED) is 0.807. The summed E-state index contributed by atoms with van der Waals surface area (Å²) in [4.78, 5) is 5.13. The number of nitrogens with zero attached hydrogens (tertiary/aromatic N) is 1. The van der Waals surface area contributed by atoms with Crippen molar-refractivity contribution >= 4 is 17.6 Å². The van der Waals surface area contributed by atoms with Gasteiger partial charge in [0.15, 0.2) is 0 Å². The van der Waals surface area contributed by atoms with Crippen molar-refractivity contribution in [3.8, 4) is 5.75 Å². The zero-order chi connectivity index (χ0) is 12.8. The van der Waals surface area contributed by atoms with E-state index in [1.165, 1.54) is 5.56 Å². The van der Waals surface area contributed by atoms with Crippen molar-refractivity contribution in [3.63, 3.8) is 0 Å². The molecule has 0 spiro atoms. The monoisotopic (exact) mass is 260 g/mol. The van der Waals surface area contributed by atoms with Crippen LogP contribution in [0.15, 0.2) is 47.5 Å². The van der Waals surface area contributed by atoms with Crippen LogP contribution < -0.4 is 5.32 Å². The van der Waals surface area contributed by atoms with Gasteiger partial charge in [-0.1, -0.05) is 12.1 Å². The molecule has 0 amide bonds. The highest BCUT2D eigenvalue weighted by Gasteiger charge is 2.02. The summed E-state index contributed by atoms with van der Waals surface area (Å²) in [5.41, 5.74) is 1.19. The third-order valence-corrected chi connectivity index (χ3v) is 3.58. The predicted octanol–water partition coefficient (Wildman–Crippen LogP) is 3.51. The van der Waals surface area contributed by atoms with Gasteiger partial charge in [0.05, 0.1) is 0 Å². The van der Waals surface area contributed by atoms with Crippen molar-refractivity contribution in [2.75, 3.05) is 11.9 Å². The molecule has 2 aromatic rings. The van der Waals surface area contributed by atoms with Crippen molar-refractivity contribution in [3.05, 3.63) is 48.2 Å². The van der Waals surface area contributed by atoms with Crippen LogP contribution >= 0.6 is 11.8 Å². The number of hydrogen-bond donors (Lipinski definition) is 2. The van der Waals surface area contributed by atoms with Crippen molar-refractivity contribution in [1.82, 2.24) is 4.98 Å². The standard InChI is InChI=1S/C14H16N2OS/c1-2-15-14-9-11(7-8-16-14)10-18-13-6-4-3-5-12(13)17/h3-9,17H,2,10H2,1H3,(H,15,16). The van der Waals surface area contributed by atoms with Crippen LogP contribution in [0.2, 0.25) is 0 Å². The van der Waals surface area contributed by atoms with E-state index < -0.39 is 0 Å². The Labute approximate surface area is 111 Å². The second-order valence-electron chi connectivity index (χ2n) is 3.84. The van der Waals surface area contributed by atoms with E-state index in [-0.39, 0.29) is 0 Å². The van der Waals surface area contributed by atoms with Gasteiger partial charge in [0.2, 0.25) is 0 Å². The van der Waals surface area contributed by atoms with Crippen molar-refractivity contribution in [2.24, 2.45) is 0 Å². The first-order chi connectivity index (χ1) is 8.79.